The van der Waals surface area contributed by atoms with Crippen molar-refractivity contribution in [1.29, 1.82) is 0 Å². The van der Waals surface area contributed by atoms with Gasteiger partial charge >= 0.3 is 11.9 Å². The molecule has 2 fully saturated rings. The molecule has 6 atom stereocenters. The zero-order chi connectivity index (χ0) is 21.7. The molecule has 0 heterocycles. The van der Waals surface area contributed by atoms with E-state index >= 15 is 0 Å². The smallest absolute Gasteiger partial charge is 0.353 e. The van der Waals surface area contributed by atoms with Crippen LogP contribution in [0.15, 0.2) is 17.9 Å². The second-order valence-electron chi connectivity index (χ2n) is 10.1. The molecule has 0 spiro atoms. The number of esters is 2. The number of rotatable bonds is 6. The Bertz CT molecular complexity index is 581. The van der Waals surface area contributed by atoms with Crippen molar-refractivity contribution in [2.75, 3.05) is 0 Å². The Morgan fingerprint density at radius 2 is 1.17 bits per heavy atom. The lowest BCUT2D eigenvalue weighted by Gasteiger charge is -2.37. The van der Waals surface area contributed by atoms with E-state index in [2.05, 4.69) is 53.9 Å². The predicted octanol–water partition coefficient (Wildman–Crippen LogP) is 5.71. The minimum absolute atomic E-state index is 0.166. The molecule has 0 radical (unpaired) electrons. The van der Waals surface area contributed by atoms with Gasteiger partial charge in [0.1, 0.15) is 12.2 Å². The Morgan fingerprint density at radius 3 is 1.48 bits per heavy atom. The van der Waals surface area contributed by atoms with Gasteiger partial charge in [0.05, 0.1) is 0 Å². The van der Waals surface area contributed by atoms with E-state index in [-0.39, 0.29) is 17.8 Å². The highest BCUT2D eigenvalue weighted by molar-refractivity contribution is 6.13. The first-order valence-corrected chi connectivity index (χ1v) is 11.5. The van der Waals surface area contributed by atoms with Crippen LogP contribution in [0.3, 0.4) is 0 Å². The normalized spacial score (nSPS) is 32.6. The molecule has 6 unspecified atom stereocenters. The highest BCUT2D eigenvalue weighted by Crippen LogP contribution is 2.37. The monoisotopic (exact) mass is 404 g/mol. The molecule has 0 N–H and O–H groups in total. The van der Waals surface area contributed by atoms with E-state index in [1.807, 2.05) is 0 Å². The van der Waals surface area contributed by atoms with Crippen molar-refractivity contribution in [2.45, 2.75) is 92.3 Å². The van der Waals surface area contributed by atoms with Crippen LogP contribution in [0.5, 0.6) is 0 Å². The van der Waals surface area contributed by atoms with E-state index in [4.69, 9.17) is 9.47 Å². The molecule has 2 rings (SSSR count). The Morgan fingerprint density at radius 1 is 0.793 bits per heavy atom. The van der Waals surface area contributed by atoms with Crippen molar-refractivity contribution in [3.8, 4) is 0 Å². The van der Waals surface area contributed by atoms with Crippen molar-refractivity contribution in [3.05, 3.63) is 17.9 Å². The third-order valence-electron chi connectivity index (χ3n) is 7.02. The summed E-state index contributed by atoms with van der Waals surface area (Å²) in [5.74, 6) is 1.25. The zero-order valence-corrected chi connectivity index (χ0v) is 19.2. The fourth-order valence-electron chi connectivity index (χ4n) is 5.12. The molecule has 2 saturated carbocycles. The summed E-state index contributed by atoms with van der Waals surface area (Å²) in [6.45, 7) is 16.6. The van der Waals surface area contributed by atoms with Crippen LogP contribution < -0.4 is 0 Å². The summed E-state index contributed by atoms with van der Waals surface area (Å²) < 4.78 is 11.6. The van der Waals surface area contributed by atoms with Crippen LogP contribution in [0, 0.1) is 35.5 Å². The summed E-state index contributed by atoms with van der Waals surface area (Å²) in [5.41, 5.74) is 2.32. The molecule has 0 aromatic heterocycles. The van der Waals surface area contributed by atoms with Gasteiger partial charge in [0.15, 0.2) is 5.57 Å². The van der Waals surface area contributed by atoms with E-state index in [1.54, 1.807) is 0 Å². The molecule has 0 saturated heterocycles. The van der Waals surface area contributed by atoms with Gasteiger partial charge in [-0.25, -0.2) is 9.59 Å². The average molecular weight is 405 g/mol. The quantitative estimate of drug-likeness (QED) is 0.187. The molecule has 29 heavy (non-hydrogen) atoms. The van der Waals surface area contributed by atoms with E-state index in [0.29, 0.717) is 35.5 Å². The van der Waals surface area contributed by atoms with Crippen LogP contribution in [0.2, 0.25) is 0 Å². The van der Waals surface area contributed by atoms with E-state index in [1.165, 1.54) is 0 Å². The maximum Gasteiger partial charge on any atom is 0.353 e. The molecule has 2 aliphatic rings. The Balaban J connectivity index is 2.06. The topological polar surface area (TPSA) is 52.6 Å². The maximum absolute atomic E-state index is 12.8. The summed E-state index contributed by atoms with van der Waals surface area (Å²) in [5, 5.41) is 0. The lowest BCUT2D eigenvalue weighted by molar-refractivity contribution is -0.159. The van der Waals surface area contributed by atoms with Crippen molar-refractivity contribution in [1.82, 2.24) is 0 Å². The van der Waals surface area contributed by atoms with Crippen LogP contribution in [-0.4, -0.2) is 24.1 Å². The van der Waals surface area contributed by atoms with E-state index in [9.17, 15) is 9.59 Å². The summed E-state index contributed by atoms with van der Waals surface area (Å²) >= 11 is 0. The van der Waals surface area contributed by atoms with Gasteiger partial charge in [0.25, 0.3) is 0 Å². The van der Waals surface area contributed by atoms with Gasteiger partial charge < -0.3 is 9.47 Å². The third-order valence-corrected chi connectivity index (χ3v) is 7.02. The van der Waals surface area contributed by atoms with Gasteiger partial charge in [-0.05, 0) is 61.2 Å². The Kier molecular flexibility index (Phi) is 8.58. The van der Waals surface area contributed by atoms with Crippen molar-refractivity contribution >= 4 is 11.9 Å². The van der Waals surface area contributed by atoms with Gasteiger partial charge in [-0.3, -0.25) is 0 Å². The second kappa shape index (κ2) is 10.5. The second-order valence-corrected chi connectivity index (χ2v) is 10.1. The van der Waals surface area contributed by atoms with Gasteiger partial charge in [-0.1, -0.05) is 61.0 Å². The molecule has 2 aliphatic carbocycles. The van der Waals surface area contributed by atoms with Gasteiger partial charge in [0, 0.05) is 0 Å². The number of carbonyl (C=O) groups excluding carboxylic acids is 2. The molecule has 164 valence electrons. The van der Waals surface area contributed by atoms with Crippen molar-refractivity contribution in [3.63, 3.8) is 0 Å². The fourth-order valence-corrected chi connectivity index (χ4v) is 5.12. The lowest BCUT2D eigenvalue weighted by Crippen LogP contribution is -2.38. The van der Waals surface area contributed by atoms with Gasteiger partial charge in [-0.2, -0.15) is 0 Å². The molecular weight excluding hydrogens is 364 g/mol. The largest absolute Gasteiger partial charge is 0.458 e. The molecule has 4 heteroatoms. The highest BCUT2D eigenvalue weighted by atomic mass is 16.6. The summed E-state index contributed by atoms with van der Waals surface area (Å²) in [6, 6.07) is 0. The van der Waals surface area contributed by atoms with Crippen LogP contribution in [0.25, 0.3) is 0 Å². The fraction of sp³-hybridized carbons (Fsp3) is 0.800. The SMILES string of the molecule is C=C=C(C(=O)OC1CC(C)CCC1C(C)C)C(=O)OC1CC(C)CCC1C(C)C. The van der Waals surface area contributed by atoms with Crippen LogP contribution in [0.4, 0.5) is 0 Å². The standard InChI is InChI=1S/C25H40O4/c1-8-19(24(26)28-22-13-17(6)9-11-20(22)15(2)3)25(27)29-23-14-18(7)10-12-21(23)16(4)5/h15-18,20-23H,1,9-14H2,2-7H3. The molecule has 0 aromatic rings. The Hall–Kier alpha value is -1.54. The third kappa shape index (κ3) is 6.22. The number of ether oxygens (including phenoxy) is 2. The van der Waals surface area contributed by atoms with Crippen LogP contribution in [0.1, 0.15) is 80.1 Å². The minimum Gasteiger partial charge on any atom is -0.458 e. The Labute approximate surface area is 177 Å². The van der Waals surface area contributed by atoms with E-state index in [0.717, 1.165) is 38.5 Å². The predicted molar refractivity (Wildman–Crippen MR) is 115 cm³/mol. The van der Waals surface area contributed by atoms with E-state index < -0.39 is 11.9 Å². The molecule has 4 nitrogen and oxygen atoms in total. The van der Waals surface area contributed by atoms with Crippen molar-refractivity contribution < 1.29 is 19.1 Å². The average Bonchev–Trinajstić information content (AvgIpc) is 2.61. The molecule has 0 amide bonds. The molecule has 0 aliphatic heterocycles. The first-order chi connectivity index (χ1) is 13.6. The lowest BCUT2D eigenvalue weighted by atomic mass is 9.75. The summed E-state index contributed by atoms with van der Waals surface area (Å²) in [4.78, 5) is 25.6. The maximum atomic E-state index is 12.8. The van der Waals surface area contributed by atoms with Gasteiger partial charge in [-0.15, -0.1) is 5.73 Å². The number of hydrogen-bond acceptors (Lipinski definition) is 4. The summed E-state index contributed by atoms with van der Waals surface area (Å²) in [6.07, 6.45) is 5.74. The highest BCUT2D eigenvalue weighted by Gasteiger charge is 2.37. The minimum atomic E-state index is -0.639. The van der Waals surface area contributed by atoms with Crippen LogP contribution in [-0.2, 0) is 19.1 Å². The van der Waals surface area contributed by atoms with Crippen LogP contribution >= 0.6 is 0 Å². The first-order valence-electron chi connectivity index (χ1n) is 11.5. The molecule has 0 aromatic carbocycles. The van der Waals surface area contributed by atoms with Crippen molar-refractivity contribution in [2.24, 2.45) is 35.5 Å². The zero-order valence-electron chi connectivity index (χ0n) is 19.2. The molecule has 0 bridgehead atoms. The summed E-state index contributed by atoms with van der Waals surface area (Å²) in [7, 11) is 0. The van der Waals surface area contributed by atoms with Gasteiger partial charge in [0.2, 0.25) is 0 Å². The first kappa shape index (κ1) is 23.7. The number of carbonyl (C=O) groups is 2. The number of hydrogen-bond donors (Lipinski definition) is 0. The molecular formula is C25H40O4.